The molecule has 0 saturated carbocycles. The topological polar surface area (TPSA) is 9.23 Å². The molecule has 0 N–H and O–H groups in total. The number of rotatable bonds is 3. The molecule has 0 heterocycles. The van der Waals surface area contributed by atoms with Crippen molar-refractivity contribution >= 4 is 8.32 Å². The first-order valence-corrected chi connectivity index (χ1v) is 6.50. The maximum atomic E-state index is 6.60. The molecule has 0 amide bonds. The van der Waals surface area contributed by atoms with Gasteiger partial charge >= 0.3 is 18.9 Å². The fourth-order valence-electron chi connectivity index (χ4n) is 0.408. The maximum Gasteiger partial charge on any atom is 1.00 e. The van der Waals surface area contributed by atoms with E-state index in [0.717, 1.165) is 0 Å². The van der Waals surface area contributed by atoms with E-state index in [2.05, 4.69) is 25.6 Å². The van der Waals surface area contributed by atoms with Crippen molar-refractivity contribution in [2.75, 3.05) is 6.61 Å². The van der Waals surface area contributed by atoms with E-state index in [4.69, 9.17) is 10.8 Å². The van der Waals surface area contributed by atoms with E-state index in [0.29, 0.717) is 13.0 Å². The molecular weight excluding hydrogens is 135 g/mol. The van der Waals surface area contributed by atoms with Gasteiger partial charge in [0, 0.05) is 6.61 Å². The normalized spacial score (nSPS) is 9.80. The predicted molar refractivity (Wildman–Crippen MR) is 41.0 cm³/mol. The Balaban J connectivity index is 0. The third-order valence-corrected chi connectivity index (χ3v) is 1.83. The second-order valence-corrected chi connectivity index (χ2v) is 7.40. The van der Waals surface area contributed by atoms with Crippen molar-refractivity contribution < 1.29 is 23.3 Å². The monoisotopic (exact) mass is 148 g/mol. The molecule has 0 rings (SSSR count). The summed E-state index contributed by atoms with van der Waals surface area (Å²) in [5, 5.41) is 0. The molecule has 10 heavy (non-hydrogen) atoms. The molecule has 0 unspecified atom stereocenters. The molecule has 52 valence electrons. The molecule has 1 nitrogen and oxygen atoms in total. The SMILES string of the molecule is [C-]#CCCO[Si](C)(C)C.[Li+]. The number of hydrogen-bond donors (Lipinski definition) is 0. The Morgan fingerprint density at radius 2 is 1.90 bits per heavy atom. The van der Waals surface area contributed by atoms with Gasteiger partial charge in [-0.15, -0.1) is 0 Å². The molecule has 0 fully saturated rings. The Kier molecular flexibility index (Phi) is 7.87. The van der Waals surface area contributed by atoms with E-state index >= 15 is 0 Å². The summed E-state index contributed by atoms with van der Waals surface area (Å²) in [6, 6.07) is 0. The molecule has 0 saturated heterocycles. The molecular formula is C7H13LiOSi. The summed E-state index contributed by atoms with van der Waals surface area (Å²) in [5.41, 5.74) is 0. The fraction of sp³-hybridized carbons (Fsp3) is 0.714. The molecule has 3 heteroatoms. The van der Waals surface area contributed by atoms with Crippen LogP contribution in [0, 0.1) is 12.3 Å². The third-order valence-electron chi connectivity index (χ3n) is 0.762. The Morgan fingerprint density at radius 3 is 2.20 bits per heavy atom. The molecule has 0 aromatic rings. The molecule has 0 atom stereocenters. The summed E-state index contributed by atoms with van der Waals surface area (Å²) >= 11 is 0. The predicted octanol–water partition coefficient (Wildman–Crippen LogP) is -1.18. The average Bonchev–Trinajstić information content (AvgIpc) is 1.63. The zero-order valence-corrected chi connectivity index (χ0v) is 8.32. The minimum Gasteiger partial charge on any atom is -0.694 e. The van der Waals surface area contributed by atoms with Crippen LogP contribution in [-0.2, 0) is 4.43 Å². The van der Waals surface area contributed by atoms with Crippen molar-refractivity contribution in [3.8, 4) is 5.92 Å². The van der Waals surface area contributed by atoms with Gasteiger partial charge in [-0.3, -0.25) is 0 Å². The van der Waals surface area contributed by atoms with Crippen molar-refractivity contribution in [3.63, 3.8) is 0 Å². The van der Waals surface area contributed by atoms with Gasteiger partial charge in [-0.25, -0.2) is 0 Å². The Hall–Kier alpha value is 0.334. The largest absolute Gasteiger partial charge is 1.00 e. The summed E-state index contributed by atoms with van der Waals surface area (Å²) in [6.07, 6.45) is 7.23. The van der Waals surface area contributed by atoms with E-state index in [1.165, 1.54) is 0 Å². The van der Waals surface area contributed by atoms with Crippen LogP contribution < -0.4 is 18.9 Å². The van der Waals surface area contributed by atoms with Gasteiger partial charge in [-0.1, -0.05) is 0 Å². The van der Waals surface area contributed by atoms with Crippen LogP contribution in [0.2, 0.25) is 19.6 Å². The standard InChI is InChI=1S/C7H13OSi.Li/c1-5-6-7-8-9(2,3)4;/h6-7H2,2-4H3;/q-1;+1. The quantitative estimate of drug-likeness (QED) is 0.212. The first-order valence-electron chi connectivity index (χ1n) is 3.10. The summed E-state index contributed by atoms with van der Waals surface area (Å²) in [4.78, 5) is 0. The van der Waals surface area contributed by atoms with Crippen LogP contribution in [0.25, 0.3) is 0 Å². The van der Waals surface area contributed by atoms with Gasteiger partial charge in [0.25, 0.3) is 0 Å². The minimum atomic E-state index is -1.32. The van der Waals surface area contributed by atoms with Crippen LogP contribution in [0.15, 0.2) is 0 Å². The molecule has 0 aromatic heterocycles. The zero-order chi connectivity index (χ0) is 7.33. The van der Waals surface area contributed by atoms with Crippen LogP contribution in [0.5, 0.6) is 0 Å². The Bertz CT molecular complexity index is 112. The molecule has 0 bridgehead atoms. The minimum absolute atomic E-state index is 0. The molecule has 0 radical (unpaired) electrons. The summed E-state index contributed by atoms with van der Waals surface area (Å²) in [5.74, 6) is 2.29. The molecule has 0 spiro atoms. The second kappa shape index (κ2) is 6.07. The van der Waals surface area contributed by atoms with Crippen LogP contribution in [0.4, 0.5) is 0 Å². The van der Waals surface area contributed by atoms with Crippen molar-refractivity contribution in [3.05, 3.63) is 6.42 Å². The first-order chi connectivity index (χ1) is 4.06. The molecule has 0 aliphatic carbocycles. The van der Waals surface area contributed by atoms with E-state index in [1.54, 1.807) is 0 Å². The van der Waals surface area contributed by atoms with Gasteiger partial charge in [-0.05, 0) is 26.1 Å². The number of hydrogen-bond acceptors (Lipinski definition) is 1. The molecule has 0 aliphatic rings. The van der Waals surface area contributed by atoms with Crippen LogP contribution >= 0.6 is 0 Å². The van der Waals surface area contributed by atoms with Gasteiger partial charge in [0.15, 0.2) is 8.32 Å². The first kappa shape index (κ1) is 13.0. The van der Waals surface area contributed by atoms with Gasteiger partial charge < -0.3 is 16.8 Å². The van der Waals surface area contributed by atoms with E-state index in [1.807, 2.05) is 0 Å². The van der Waals surface area contributed by atoms with Crippen molar-refractivity contribution in [2.24, 2.45) is 0 Å². The Labute approximate surface area is 76.8 Å². The van der Waals surface area contributed by atoms with Crippen LogP contribution in [-0.4, -0.2) is 14.9 Å². The fourth-order valence-corrected chi connectivity index (χ4v) is 1.12. The van der Waals surface area contributed by atoms with Crippen LogP contribution in [0.3, 0.4) is 0 Å². The van der Waals surface area contributed by atoms with E-state index < -0.39 is 8.32 Å². The third kappa shape index (κ3) is 11.2. The van der Waals surface area contributed by atoms with Gasteiger partial charge in [0.05, 0.1) is 0 Å². The summed E-state index contributed by atoms with van der Waals surface area (Å²) < 4.78 is 5.43. The van der Waals surface area contributed by atoms with E-state index in [9.17, 15) is 0 Å². The van der Waals surface area contributed by atoms with Crippen LogP contribution in [0.1, 0.15) is 6.42 Å². The Morgan fingerprint density at radius 1 is 1.40 bits per heavy atom. The molecule has 0 aliphatic heterocycles. The van der Waals surface area contributed by atoms with Gasteiger partial charge in [-0.2, -0.15) is 0 Å². The van der Waals surface area contributed by atoms with Crippen molar-refractivity contribution in [2.45, 2.75) is 26.1 Å². The average molecular weight is 148 g/mol. The van der Waals surface area contributed by atoms with Gasteiger partial charge in [0.2, 0.25) is 0 Å². The van der Waals surface area contributed by atoms with Gasteiger partial charge in [0.1, 0.15) is 0 Å². The zero-order valence-electron chi connectivity index (χ0n) is 7.32. The summed E-state index contributed by atoms with van der Waals surface area (Å²) in [7, 11) is -1.32. The summed E-state index contributed by atoms with van der Waals surface area (Å²) in [6.45, 7) is 7.07. The maximum absolute atomic E-state index is 6.60. The van der Waals surface area contributed by atoms with Crippen molar-refractivity contribution in [1.82, 2.24) is 0 Å². The molecule has 0 aromatic carbocycles. The second-order valence-electron chi connectivity index (χ2n) is 2.89. The smallest absolute Gasteiger partial charge is 0.694 e. The van der Waals surface area contributed by atoms with Crippen molar-refractivity contribution in [1.29, 1.82) is 0 Å². The van der Waals surface area contributed by atoms with E-state index in [-0.39, 0.29) is 18.9 Å².